The summed E-state index contributed by atoms with van der Waals surface area (Å²) in [5.41, 5.74) is 3.11. The lowest BCUT2D eigenvalue weighted by Gasteiger charge is -2.44. The van der Waals surface area contributed by atoms with E-state index in [1.807, 2.05) is 0 Å². The second-order valence-electron chi connectivity index (χ2n) is 9.72. The number of piperidine rings is 2. The number of fused-ring (bicyclic) bond motifs is 1. The number of carbonyl (C=O) groups is 1. The van der Waals surface area contributed by atoms with E-state index in [4.69, 9.17) is 4.74 Å². The standard InChI is InChI=1S/C25H37N3O2/c29-25(27-11-4-15-30-16-14-27)22-7-3-10-28(19-22)23-8-12-26(13-9-23)24-17-20-5-1-2-6-21(20)18-24/h1-2,5-6,22-24H,3-4,7-19H2/t22-/m1/s1. The third-order valence-electron chi connectivity index (χ3n) is 7.90. The minimum Gasteiger partial charge on any atom is -0.380 e. The number of rotatable bonds is 3. The lowest BCUT2D eigenvalue weighted by Crippen LogP contribution is -2.52. The number of amides is 1. The zero-order valence-electron chi connectivity index (χ0n) is 18.3. The van der Waals surface area contributed by atoms with Gasteiger partial charge in [0.15, 0.2) is 0 Å². The van der Waals surface area contributed by atoms with Crippen molar-refractivity contribution >= 4 is 5.91 Å². The van der Waals surface area contributed by atoms with E-state index < -0.39 is 0 Å². The summed E-state index contributed by atoms with van der Waals surface area (Å²) < 4.78 is 5.54. The van der Waals surface area contributed by atoms with Crippen molar-refractivity contribution in [2.45, 2.75) is 57.0 Å². The second-order valence-corrected chi connectivity index (χ2v) is 9.72. The second kappa shape index (κ2) is 9.37. The average Bonchev–Trinajstić information content (AvgIpc) is 3.05. The number of benzene rings is 1. The Labute approximate surface area is 181 Å². The molecule has 5 heteroatoms. The Kier molecular flexibility index (Phi) is 6.40. The zero-order valence-corrected chi connectivity index (χ0v) is 18.3. The molecular weight excluding hydrogens is 374 g/mol. The Morgan fingerprint density at radius 3 is 2.33 bits per heavy atom. The molecule has 1 aromatic carbocycles. The normalized spacial score (nSPS) is 27.7. The molecule has 1 amide bonds. The van der Waals surface area contributed by atoms with E-state index >= 15 is 0 Å². The molecule has 3 fully saturated rings. The molecule has 0 bridgehead atoms. The summed E-state index contributed by atoms with van der Waals surface area (Å²) in [7, 11) is 0. The van der Waals surface area contributed by atoms with Gasteiger partial charge in [0.25, 0.3) is 0 Å². The Hall–Kier alpha value is -1.43. The highest BCUT2D eigenvalue weighted by Crippen LogP contribution is 2.30. The van der Waals surface area contributed by atoms with Gasteiger partial charge < -0.3 is 9.64 Å². The summed E-state index contributed by atoms with van der Waals surface area (Å²) in [4.78, 5) is 20.6. The molecule has 3 saturated heterocycles. The van der Waals surface area contributed by atoms with E-state index in [0.717, 1.165) is 39.1 Å². The SMILES string of the molecule is O=C([C@@H]1CCCN(C2CCN(C3Cc4ccccc4C3)CC2)C1)N1CCCOCC1. The van der Waals surface area contributed by atoms with Crippen LogP contribution < -0.4 is 0 Å². The summed E-state index contributed by atoms with van der Waals surface area (Å²) in [6, 6.07) is 10.3. The van der Waals surface area contributed by atoms with Gasteiger partial charge in [-0.3, -0.25) is 14.6 Å². The molecular formula is C25H37N3O2. The Balaban J connectivity index is 1.12. The molecule has 0 spiro atoms. The molecule has 5 rings (SSSR count). The van der Waals surface area contributed by atoms with Crippen LogP contribution in [0.1, 0.15) is 43.2 Å². The van der Waals surface area contributed by atoms with Gasteiger partial charge in [-0.1, -0.05) is 24.3 Å². The molecule has 0 saturated carbocycles. The lowest BCUT2D eigenvalue weighted by molar-refractivity contribution is -0.137. The van der Waals surface area contributed by atoms with Crippen molar-refractivity contribution in [2.24, 2.45) is 5.92 Å². The first-order chi connectivity index (χ1) is 14.8. The third-order valence-corrected chi connectivity index (χ3v) is 7.90. The van der Waals surface area contributed by atoms with Crippen molar-refractivity contribution in [2.75, 3.05) is 52.5 Å². The number of likely N-dealkylation sites (tertiary alicyclic amines) is 2. The Morgan fingerprint density at radius 1 is 0.800 bits per heavy atom. The maximum absolute atomic E-state index is 13.1. The maximum Gasteiger partial charge on any atom is 0.227 e. The van der Waals surface area contributed by atoms with Crippen LogP contribution in [0.15, 0.2) is 24.3 Å². The Morgan fingerprint density at radius 2 is 1.57 bits per heavy atom. The molecule has 1 aliphatic carbocycles. The smallest absolute Gasteiger partial charge is 0.227 e. The molecule has 0 unspecified atom stereocenters. The number of nitrogens with zero attached hydrogens (tertiary/aromatic N) is 3. The minimum absolute atomic E-state index is 0.194. The van der Waals surface area contributed by atoms with Crippen LogP contribution in [0.25, 0.3) is 0 Å². The van der Waals surface area contributed by atoms with Crippen LogP contribution in [-0.4, -0.2) is 85.2 Å². The van der Waals surface area contributed by atoms with Crippen molar-refractivity contribution in [1.29, 1.82) is 0 Å². The number of ether oxygens (including phenoxy) is 1. The molecule has 0 aromatic heterocycles. The lowest BCUT2D eigenvalue weighted by atomic mass is 9.92. The van der Waals surface area contributed by atoms with Crippen molar-refractivity contribution < 1.29 is 9.53 Å². The summed E-state index contributed by atoms with van der Waals surface area (Å²) in [6.07, 6.45) is 8.16. The Bertz CT molecular complexity index is 698. The topological polar surface area (TPSA) is 36.0 Å². The van der Waals surface area contributed by atoms with Crippen LogP contribution in [0.5, 0.6) is 0 Å². The number of hydrogen-bond acceptors (Lipinski definition) is 4. The van der Waals surface area contributed by atoms with Gasteiger partial charge in [-0.15, -0.1) is 0 Å². The fourth-order valence-electron chi connectivity index (χ4n) is 6.17. The van der Waals surface area contributed by atoms with Crippen molar-refractivity contribution in [1.82, 2.24) is 14.7 Å². The van der Waals surface area contributed by atoms with Crippen molar-refractivity contribution in [3.63, 3.8) is 0 Å². The predicted molar refractivity (Wildman–Crippen MR) is 119 cm³/mol. The van der Waals surface area contributed by atoms with Crippen LogP contribution in [0.4, 0.5) is 0 Å². The molecule has 4 aliphatic rings. The van der Waals surface area contributed by atoms with Crippen LogP contribution in [0.3, 0.4) is 0 Å². The monoisotopic (exact) mass is 411 g/mol. The van der Waals surface area contributed by atoms with E-state index in [2.05, 4.69) is 39.0 Å². The van der Waals surface area contributed by atoms with Gasteiger partial charge in [0.2, 0.25) is 5.91 Å². The molecule has 3 aliphatic heterocycles. The first-order valence-electron chi connectivity index (χ1n) is 12.2. The van der Waals surface area contributed by atoms with E-state index in [1.165, 1.54) is 51.7 Å². The summed E-state index contributed by atoms with van der Waals surface area (Å²) >= 11 is 0. The van der Waals surface area contributed by atoms with E-state index in [0.29, 0.717) is 24.6 Å². The average molecular weight is 412 g/mol. The fourth-order valence-corrected chi connectivity index (χ4v) is 6.17. The van der Waals surface area contributed by atoms with Gasteiger partial charge >= 0.3 is 0 Å². The van der Waals surface area contributed by atoms with Gasteiger partial charge in [-0.05, 0) is 75.7 Å². The molecule has 30 heavy (non-hydrogen) atoms. The van der Waals surface area contributed by atoms with Crippen LogP contribution in [-0.2, 0) is 22.4 Å². The van der Waals surface area contributed by atoms with Gasteiger partial charge in [0.1, 0.15) is 0 Å². The van der Waals surface area contributed by atoms with Gasteiger partial charge in [-0.25, -0.2) is 0 Å². The largest absolute Gasteiger partial charge is 0.380 e. The molecule has 3 heterocycles. The first kappa shape index (κ1) is 20.5. The molecule has 5 nitrogen and oxygen atoms in total. The van der Waals surface area contributed by atoms with Gasteiger partial charge in [-0.2, -0.15) is 0 Å². The predicted octanol–water partition coefficient (Wildman–Crippen LogP) is 2.58. The maximum atomic E-state index is 13.1. The van der Waals surface area contributed by atoms with Crippen LogP contribution in [0, 0.1) is 5.92 Å². The third kappa shape index (κ3) is 4.44. The summed E-state index contributed by atoms with van der Waals surface area (Å²) in [5, 5.41) is 0. The van der Waals surface area contributed by atoms with Gasteiger partial charge in [0.05, 0.1) is 12.5 Å². The highest BCUT2D eigenvalue weighted by molar-refractivity contribution is 5.79. The highest BCUT2D eigenvalue weighted by atomic mass is 16.5. The van der Waals surface area contributed by atoms with Crippen LogP contribution >= 0.6 is 0 Å². The number of hydrogen-bond donors (Lipinski definition) is 0. The molecule has 164 valence electrons. The zero-order chi connectivity index (χ0) is 20.3. The van der Waals surface area contributed by atoms with Gasteiger partial charge in [0, 0.05) is 38.3 Å². The first-order valence-corrected chi connectivity index (χ1v) is 12.2. The minimum atomic E-state index is 0.194. The van der Waals surface area contributed by atoms with Crippen molar-refractivity contribution in [3.8, 4) is 0 Å². The van der Waals surface area contributed by atoms with E-state index in [9.17, 15) is 4.79 Å². The van der Waals surface area contributed by atoms with E-state index in [-0.39, 0.29) is 5.92 Å². The molecule has 0 N–H and O–H groups in total. The summed E-state index contributed by atoms with van der Waals surface area (Å²) in [5.74, 6) is 0.575. The quantitative estimate of drug-likeness (QED) is 0.766. The fraction of sp³-hybridized carbons (Fsp3) is 0.720. The van der Waals surface area contributed by atoms with Crippen LogP contribution in [0.2, 0.25) is 0 Å². The molecule has 1 aromatic rings. The number of carbonyl (C=O) groups excluding carboxylic acids is 1. The summed E-state index contributed by atoms with van der Waals surface area (Å²) in [6.45, 7) is 7.71. The molecule has 1 atom stereocenters. The van der Waals surface area contributed by atoms with Crippen molar-refractivity contribution in [3.05, 3.63) is 35.4 Å². The highest BCUT2D eigenvalue weighted by Gasteiger charge is 2.35. The molecule has 0 radical (unpaired) electrons. The van der Waals surface area contributed by atoms with E-state index in [1.54, 1.807) is 11.1 Å².